The lowest BCUT2D eigenvalue weighted by Crippen LogP contribution is -2.30. The molecule has 3 aromatic rings. The molecule has 7 nitrogen and oxygen atoms in total. The Morgan fingerprint density at radius 2 is 1.77 bits per heavy atom. The minimum absolute atomic E-state index is 0.0281. The van der Waals surface area contributed by atoms with Crippen molar-refractivity contribution in [2.45, 2.75) is 45.8 Å². The summed E-state index contributed by atoms with van der Waals surface area (Å²) in [5, 5.41) is 11.5. The van der Waals surface area contributed by atoms with Crippen molar-refractivity contribution >= 4 is 33.8 Å². The van der Waals surface area contributed by atoms with Gasteiger partial charge in [0.05, 0.1) is 16.6 Å². The molecule has 0 aliphatic heterocycles. The van der Waals surface area contributed by atoms with Gasteiger partial charge in [-0.3, -0.25) is 4.79 Å². The Kier molecular flexibility index (Phi) is 8.47. The average Bonchev–Trinajstić information content (AvgIpc) is 3.50. The Bertz CT molecular complexity index is 1170. The number of rotatable bonds is 9. The number of nitrogens with one attached hydrogen (secondary N) is 1. The van der Waals surface area contributed by atoms with Gasteiger partial charge in [0.25, 0.3) is 5.91 Å². The van der Waals surface area contributed by atoms with Crippen LogP contribution in [-0.2, 0) is 18.4 Å². The largest absolute Gasteiger partial charge is 0.490 e. The number of alkyl halides is 3. The van der Waals surface area contributed by atoms with Crippen LogP contribution in [0, 0.1) is 5.92 Å². The third-order valence-electron chi connectivity index (χ3n) is 6.40. The zero-order valence-electron chi connectivity index (χ0n) is 20.4. The maximum Gasteiger partial charge on any atom is 0.490 e. The molecule has 1 amide bonds. The van der Waals surface area contributed by atoms with Crippen molar-refractivity contribution in [1.82, 2.24) is 19.4 Å². The molecule has 1 saturated carbocycles. The quantitative estimate of drug-likeness (QED) is 0.425. The van der Waals surface area contributed by atoms with Crippen molar-refractivity contribution in [3.8, 4) is 0 Å². The number of fused-ring (bicyclic) bond motifs is 3. The van der Waals surface area contributed by atoms with E-state index in [1.54, 1.807) is 0 Å². The second kappa shape index (κ2) is 11.2. The average molecular weight is 495 g/mol. The van der Waals surface area contributed by atoms with Crippen molar-refractivity contribution in [2.24, 2.45) is 13.0 Å². The van der Waals surface area contributed by atoms with Crippen molar-refractivity contribution in [1.29, 1.82) is 0 Å². The van der Waals surface area contributed by atoms with Crippen LogP contribution >= 0.6 is 0 Å². The number of para-hydroxylation sites is 1. The predicted molar refractivity (Wildman–Crippen MR) is 130 cm³/mol. The van der Waals surface area contributed by atoms with Crippen molar-refractivity contribution in [2.75, 3.05) is 26.2 Å². The summed E-state index contributed by atoms with van der Waals surface area (Å²) in [6.45, 7) is 9.28. The molecule has 2 aromatic heterocycles. The lowest BCUT2D eigenvalue weighted by atomic mass is 10.2. The summed E-state index contributed by atoms with van der Waals surface area (Å²) >= 11 is 0. The van der Waals surface area contributed by atoms with E-state index in [1.165, 1.54) is 34.8 Å². The molecule has 2 N–H and O–H groups in total. The third-order valence-corrected chi connectivity index (χ3v) is 6.40. The van der Waals surface area contributed by atoms with Crippen LogP contribution in [0.2, 0.25) is 0 Å². The highest BCUT2D eigenvalue weighted by molar-refractivity contribution is 6.10. The first-order valence-corrected chi connectivity index (χ1v) is 12.0. The zero-order valence-corrected chi connectivity index (χ0v) is 20.4. The number of nitrogens with zero attached hydrogens (tertiary/aromatic N) is 3. The first kappa shape index (κ1) is 26.6. The Morgan fingerprint density at radius 1 is 1.14 bits per heavy atom. The molecule has 0 radical (unpaired) electrons. The Morgan fingerprint density at radius 3 is 2.34 bits per heavy atom. The number of halogens is 3. The summed E-state index contributed by atoms with van der Waals surface area (Å²) < 4.78 is 36.2. The highest BCUT2D eigenvalue weighted by Gasteiger charge is 2.38. The molecule has 192 valence electrons. The van der Waals surface area contributed by atoms with E-state index in [9.17, 15) is 18.0 Å². The molecule has 10 heteroatoms. The molecular formula is C25H33F3N4O3. The van der Waals surface area contributed by atoms with Crippen LogP contribution in [-0.4, -0.2) is 63.4 Å². The maximum atomic E-state index is 12.8. The second-order valence-electron chi connectivity index (χ2n) is 8.83. The van der Waals surface area contributed by atoms with Crippen LogP contribution in [0.1, 0.15) is 43.6 Å². The van der Waals surface area contributed by atoms with Crippen LogP contribution in [0.15, 0.2) is 30.3 Å². The number of benzene rings is 1. The minimum atomic E-state index is -5.08. The van der Waals surface area contributed by atoms with Gasteiger partial charge in [0.2, 0.25) is 0 Å². The fourth-order valence-corrected chi connectivity index (χ4v) is 4.26. The van der Waals surface area contributed by atoms with Gasteiger partial charge in [0, 0.05) is 25.5 Å². The number of aromatic nitrogens is 2. The SMILES string of the molecule is CCN(CC)CCCNC(=O)c1cc2c(c3ccccc3n2CC2CC2)n1C.O=C(O)C(F)(F)F. The number of aliphatic carboxylic acids is 1. The van der Waals surface area contributed by atoms with Crippen LogP contribution in [0.25, 0.3) is 21.9 Å². The molecule has 0 bridgehead atoms. The lowest BCUT2D eigenvalue weighted by Gasteiger charge is -2.17. The summed E-state index contributed by atoms with van der Waals surface area (Å²) in [7, 11) is 2.01. The number of hydrogen-bond acceptors (Lipinski definition) is 3. The molecule has 1 aliphatic carbocycles. The van der Waals surface area contributed by atoms with Gasteiger partial charge in [-0.05, 0) is 56.9 Å². The first-order valence-electron chi connectivity index (χ1n) is 12.0. The summed E-state index contributed by atoms with van der Waals surface area (Å²) in [6.07, 6.45) is -1.46. The van der Waals surface area contributed by atoms with E-state index in [0.717, 1.165) is 44.2 Å². The zero-order chi connectivity index (χ0) is 25.8. The fourth-order valence-electron chi connectivity index (χ4n) is 4.26. The molecule has 1 aliphatic rings. The second-order valence-corrected chi connectivity index (χ2v) is 8.83. The number of carbonyl (C=O) groups excluding carboxylic acids is 1. The number of aryl methyl sites for hydroxylation is 1. The van der Waals surface area contributed by atoms with Gasteiger partial charge in [0.1, 0.15) is 5.69 Å². The Balaban J connectivity index is 0.000000429. The maximum absolute atomic E-state index is 12.8. The fraction of sp³-hybridized carbons (Fsp3) is 0.520. The summed E-state index contributed by atoms with van der Waals surface area (Å²) in [6, 6.07) is 10.6. The summed E-state index contributed by atoms with van der Waals surface area (Å²) in [5.74, 6) is -1.94. The van der Waals surface area contributed by atoms with Gasteiger partial charge < -0.3 is 24.5 Å². The number of carboxylic acid groups (broad SMARTS) is 1. The lowest BCUT2D eigenvalue weighted by molar-refractivity contribution is -0.192. The van der Waals surface area contributed by atoms with E-state index in [2.05, 4.69) is 63.5 Å². The molecule has 0 saturated heterocycles. The highest BCUT2D eigenvalue weighted by Crippen LogP contribution is 2.36. The van der Waals surface area contributed by atoms with E-state index in [-0.39, 0.29) is 5.91 Å². The Labute approximate surface area is 202 Å². The number of carboxylic acids is 1. The number of carbonyl (C=O) groups is 2. The van der Waals surface area contributed by atoms with E-state index in [4.69, 9.17) is 9.90 Å². The smallest absolute Gasteiger partial charge is 0.475 e. The monoisotopic (exact) mass is 494 g/mol. The third kappa shape index (κ3) is 6.36. The van der Waals surface area contributed by atoms with Crippen LogP contribution in [0.5, 0.6) is 0 Å². The van der Waals surface area contributed by atoms with Crippen LogP contribution in [0.3, 0.4) is 0 Å². The van der Waals surface area contributed by atoms with E-state index in [0.29, 0.717) is 6.54 Å². The number of amides is 1. The standard InChI is InChI=1S/C23H32N4O.C2HF3O2/c1-4-26(5-2)14-8-13-24-23(28)21-15-20-22(25(21)3)18-9-6-7-10-19(18)27(20)16-17-11-12-17;3-2(4,5)1(6)7/h6-7,9-10,15,17H,4-5,8,11-14,16H2,1-3H3,(H,24,28);(H,6,7). The summed E-state index contributed by atoms with van der Waals surface area (Å²) in [5.41, 5.74) is 4.39. The van der Waals surface area contributed by atoms with E-state index in [1.807, 2.05) is 7.05 Å². The molecule has 2 heterocycles. The summed E-state index contributed by atoms with van der Waals surface area (Å²) in [4.78, 5) is 24.1. The van der Waals surface area contributed by atoms with E-state index >= 15 is 0 Å². The van der Waals surface area contributed by atoms with Gasteiger partial charge in [-0.15, -0.1) is 0 Å². The van der Waals surface area contributed by atoms with Crippen LogP contribution < -0.4 is 5.32 Å². The van der Waals surface area contributed by atoms with Crippen molar-refractivity contribution in [3.63, 3.8) is 0 Å². The molecule has 35 heavy (non-hydrogen) atoms. The van der Waals surface area contributed by atoms with Gasteiger partial charge in [0.15, 0.2) is 0 Å². The predicted octanol–water partition coefficient (Wildman–Crippen LogP) is 4.64. The van der Waals surface area contributed by atoms with Gasteiger partial charge in [-0.25, -0.2) is 4.79 Å². The van der Waals surface area contributed by atoms with Gasteiger partial charge in [-0.1, -0.05) is 32.0 Å². The Hall–Kier alpha value is -3.01. The topological polar surface area (TPSA) is 79.5 Å². The number of hydrogen-bond donors (Lipinski definition) is 2. The molecule has 4 rings (SSSR count). The van der Waals surface area contributed by atoms with Gasteiger partial charge in [-0.2, -0.15) is 13.2 Å². The minimum Gasteiger partial charge on any atom is -0.475 e. The molecule has 1 aromatic carbocycles. The van der Waals surface area contributed by atoms with Gasteiger partial charge >= 0.3 is 12.1 Å². The molecule has 0 unspecified atom stereocenters. The normalized spacial score (nSPS) is 13.8. The first-order chi connectivity index (χ1) is 16.6. The molecule has 1 fully saturated rings. The molecule has 0 atom stereocenters. The molecule has 0 spiro atoms. The van der Waals surface area contributed by atoms with Crippen molar-refractivity contribution in [3.05, 3.63) is 36.0 Å². The van der Waals surface area contributed by atoms with E-state index < -0.39 is 12.1 Å². The molecular weight excluding hydrogens is 461 g/mol. The van der Waals surface area contributed by atoms with Crippen molar-refractivity contribution < 1.29 is 27.9 Å². The highest BCUT2D eigenvalue weighted by atomic mass is 19.4. The van der Waals surface area contributed by atoms with Crippen LogP contribution in [0.4, 0.5) is 13.2 Å².